The molecule has 0 aliphatic carbocycles. The maximum atomic E-state index is 8.56. The second kappa shape index (κ2) is 5.99. The van der Waals surface area contributed by atoms with E-state index in [4.69, 9.17) is 14.7 Å². The molecular formula is C12H16N2O2. The van der Waals surface area contributed by atoms with Crippen molar-refractivity contribution in [1.29, 1.82) is 5.26 Å². The van der Waals surface area contributed by atoms with Crippen LogP contribution in [0, 0.1) is 11.3 Å². The highest BCUT2D eigenvalue weighted by Gasteiger charge is 2.06. The van der Waals surface area contributed by atoms with E-state index in [1.807, 2.05) is 30.1 Å². The first-order valence-electron chi connectivity index (χ1n) is 4.97. The second-order valence-electron chi connectivity index (χ2n) is 3.52. The van der Waals surface area contributed by atoms with E-state index >= 15 is 0 Å². The van der Waals surface area contributed by atoms with E-state index < -0.39 is 0 Å². The predicted octanol–water partition coefficient (Wildman–Crippen LogP) is 1.66. The molecule has 4 nitrogen and oxygen atoms in total. The fourth-order valence-corrected chi connectivity index (χ4v) is 1.47. The lowest BCUT2D eigenvalue weighted by molar-refractivity contribution is 0.348. The van der Waals surface area contributed by atoms with Gasteiger partial charge in [0, 0.05) is 6.54 Å². The highest BCUT2D eigenvalue weighted by molar-refractivity contribution is 5.42. The van der Waals surface area contributed by atoms with Crippen LogP contribution in [0.3, 0.4) is 0 Å². The van der Waals surface area contributed by atoms with E-state index in [2.05, 4.69) is 6.07 Å². The first kappa shape index (κ1) is 12.3. The van der Waals surface area contributed by atoms with Gasteiger partial charge in [0.1, 0.15) is 0 Å². The molecule has 0 fully saturated rings. The fourth-order valence-electron chi connectivity index (χ4n) is 1.47. The van der Waals surface area contributed by atoms with Gasteiger partial charge in [-0.15, -0.1) is 0 Å². The molecule has 0 unspecified atom stereocenters. The van der Waals surface area contributed by atoms with Crippen LogP contribution >= 0.6 is 0 Å². The van der Waals surface area contributed by atoms with Gasteiger partial charge in [-0.25, -0.2) is 0 Å². The molecule has 0 atom stereocenters. The van der Waals surface area contributed by atoms with Gasteiger partial charge in [0.05, 0.1) is 26.8 Å². The van der Waals surface area contributed by atoms with Crippen molar-refractivity contribution in [2.75, 3.05) is 27.8 Å². The topological polar surface area (TPSA) is 45.5 Å². The van der Waals surface area contributed by atoms with Crippen molar-refractivity contribution in [3.8, 4) is 17.6 Å². The van der Waals surface area contributed by atoms with E-state index in [1.165, 1.54) is 0 Å². The van der Waals surface area contributed by atoms with Gasteiger partial charge in [0.25, 0.3) is 0 Å². The fraction of sp³-hybridized carbons (Fsp3) is 0.417. The molecule has 86 valence electrons. The summed E-state index contributed by atoms with van der Waals surface area (Å²) in [6.45, 7) is 1.13. The molecule has 1 rings (SSSR count). The average molecular weight is 220 g/mol. The van der Waals surface area contributed by atoms with Crippen LogP contribution in [0.25, 0.3) is 0 Å². The number of nitriles is 1. The number of ether oxygens (including phenoxy) is 2. The molecule has 0 amide bonds. The van der Waals surface area contributed by atoms with Crippen molar-refractivity contribution in [2.45, 2.75) is 6.54 Å². The third kappa shape index (κ3) is 3.14. The zero-order chi connectivity index (χ0) is 12.0. The molecule has 4 heteroatoms. The molecule has 0 aliphatic rings. The van der Waals surface area contributed by atoms with Gasteiger partial charge < -0.3 is 9.47 Å². The molecule has 0 spiro atoms. The number of rotatable bonds is 5. The zero-order valence-corrected chi connectivity index (χ0v) is 9.86. The number of methoxy groups -OCH3 is 2. The molecular weight excluding hydrogens is 204 g/mol. The lowest BCUT2D eigenvalue weighted by atomic mass is 10.2. The molecule has 0 aliphatic heterocycles. The molecule has 0 aromatic heterocycles. The van der Waals surface area contributed by atoms with E-state index in [1.54, 1.807) is 14.2 Å². The number of nitrogens with zero attached hydrogens (tertiary/aromatic N) is 2. The lowest BCUT2D eigenvalue weighted by Crippen LogP contribution is -2.17. The Bertz CT molecular complexity index is 385. The molecule has 0 saturated carbocycles. The second-order valence-corrected chi connectivity index (χ2v) is 3.52. The summed E-state index contributed by atoms with van der Waals surface area (Å²) in [6, 6.07) is 7.87. The van der Waals surface area contributed by atoms with Crippen molar-refractivity contribution in [2.24, 2.45) is 0 Å². The Morgan fingerprint density at radius 3 is 2.50 bits per heavy atom. The monoisotopic (exact) mass is 220 g/mol. The van der Waals surface area contributed by atoms with Crippen molar-refractivity contribution in [3.05, 3.63) is 23.8 Å². The zero-order valence-electron chi connectivity index (χ0n) is 9.86. The predicted molar refractivity (Wildman–Crippen MR) is 61.5 cm³/mol. The van der Waals surface area contributed by atoms with Gasteiger partial charge in [-0.1, -0.05) is 6.07 Å². The average Bonchev–Trinajstić information content (AvgIpc) is 2.29. The van der Waals surface area contributed by atoms with E-state index in [0.29, 0.717) is 24.6 Å². The molecule has 0 saturated heterocycles. The molecule has 0 heterocycles. The summed E-state index contributed by atoms with van der Waals surface area (Å²) < 4.78 is 10.4. The number of hydrogen-bond donors (Lipinski definition) is 0. The van der Waals surface area contributed by atoms with Crippen molar-refractivity contribution in [3.63, 3.8) is 0 Å². The molecule has 16 heavy (non-hydrogen) atoms. The lowest BCUT2D eigenvalue weighted by Gasteiger charge is -2.14. The summed E-state index contributed by atoms with van der Waals surface area (Å²) >= 11 is 0. The normalized spacial score (nSPS) is 9.94. The Morgan fingerprint density at radius 1 is 1.25 bits per heavy atom. The van der Waals surface area contributed by atoms with Gasteiger partial charge in [0.2, 0.25) is 0 Å². The largest absolute Gasteiger partial charge is 0.493 e. The third-order valence-electron chi connectivity index (χ3n) is 2.24. The molecule has 0 N–H and O–H groups in total. The Morgan fingerprint density at radius 2 is 1.94 bits per heavy atom. The van der Waals surface area contributed by atoms with Crippen LogP contribution in [0.4, 0.5) is 0 Å². The van der Waals surface area contributed by atoms with Gasteiger partial charge in [-0.2, -0.15) is 5.26 Å². The highest BCUT2D eigenvalue weighted by atomic mass is 16.5. The summed E-state index contributed by atoms with van der Waals surface area (Å²) in [4.78, 5) is 1.93. The summed E-state index contributed by atoms with van der Waals surface area (Å²) in [6.07, 6.45) is 0. The maximum absolute atomic E-state index is 8.56. The van der Waals surface area contributed by atoms with Crippen LogP contribution in [0.1, 0.15) is 5.56 Å². The van der Waals surface area contributed by atoms with Crippen LogP contribution in [-0.4, -0.2) is 32.7 Å². The van der Waals surface area contributed by atoms with Gasteiger partial charge in [0.15, 0.2) is 11.5 Å². The summed E-state index contributed by atoms with van der Waals surface area (Å²) in [5, 5.41) is 8.56. The standard InChI is InChI=1S/C12H16N2O2/c1-14(7-6-13)9-10-4-5-11(15-2)12(8-10)16-3/h4-5,8H,7,9H2,1-3H3. The first-order valence-corrected chi connectivity index (χ1v) is 4.97. The highest BCUT2D eigenvalue weighted by Crippen LogP contribution is 2.27. The SMILES string of the molecule is COc1ccc(CN(C)CC#N)cc1OC. The van der Waals surface area contributed by atoms with Crippen molar-refractivity contribution >= 4 is 0 Å². The summed E-state index contributed by atoms with van der Waals surface area (Å²) in [7, 11) is 5.12. The quantitative estimate of drug-likeness (QED) is 0.708. The van der Waals surface area contributed by atoms with Crippen LogP contribution in [0.5, 0.6) is 11.5 Å². The minimum atomic E-state index is 0.411. The van der Waals surface area contributed by atoms with Crippen LogP contribution in [0.15, 0.2) is 18.2 Å². The van der Waals surface area contributed by atoms with Crippen LogP contribution in [-0.2, 0) is 6.54 Å². The maximum Gasteiger partial charge on any atom is 0.161 e. The minimum absolute atomic E-state index is 0.411. The van der Waals surface area contributed by atoms with Gasteiger partial charge >= 0.3 is 0 Å². The minimum Gasteiger partial charge on any atom is -0.493 e. The molecule has 1 aromatic rings. The molecule has 1 aromatic carbocycles. The first-order chi connectivity index (χ1) is 7.71. The third-order valence-corrected chi connectivity index (χ3v) is 2.24. The molecule has 0 bridgehead atoms. The van der Waals surface area contributed by atoms with Crippen molar-refractivity contribution in [1.82, 2.24) is 4.90 Å². The van der Waals surface area contributed by atoms with E-state index in [9.17, 15) is 0 Å². The summed E-state index contributed by atoms with van der Waals surface area (Å²) in [5.41, 5.74) is 1.09. The van der Waals surface area contributed by atoms with Gasteiger partial charge in [-0.05, 0) is 24.7 Å². The Balaban J connectivity index is 2.79. The number of hydrogen-bond acceptors (Lipinski definition) is 4. The van der Waals surface area contributed by atoms with Crippen LogP contribution in [0.2, 0.25) is 0 Å². The Kier molecular flexibility index (Phi) is 4.62. The van der Waals surface area contributed by atoms with Crippen LogP contribution < -0.4 is 9.47 Å². The Hall–Kier alpha value is -1.73. The Labute approximate surface area is 96.0 Å². The van der Waals surface area contributed by atoms with E-state index in [0.717, 1.165) is 5.56 Å². The van der Waals surface area contributed by atoms with Gasteiger partial charge in [-0.3, -0.25) is 4.90 Å². The van der Waals surface area contributed by atoms with Crippen molar-refractivity contribution < 1.29 is 9.47 Å². The smallest absolute Gasteiger partial charge is 0.161 e. The number of benzene rings is 1. The summed E-state index contributed by atoms with van der Waals surface area (Å²) in [5.74, 6) is 1.43. The van der Waals surface area contributed by atoms with E-state index in [-0.39, 0.29) is 0 Å². The molecule has 0 radical (unpaired) electrons.